The largest absolute Gasteiger partial charge is 0.481 e. The predicted octanol–water partition coefficient (Wildman–Crippen LogP) is 0.475. The number of aromatic nitrogens is 1. The molecule has 0 aliphatic heterocycles. The van der Waals surface area contributed by atoms with Crippen molar-refractivity contribution in [3.8, 4) is 0 Å². The van der Waals surface area contributed by atoms with E-state index < -0.39 is 24.3 Å². The van der Waals surface area contributed by atoms with Crippen LogP contribution in [0.25, 0.3) is 0 Å². The van der Waals surface area contributed by atoms with Crippen molar-refractivity contribution in [2.45, 2.75) is 12.5 Å². The van der Waals surface area contributed by atoms with Gasteiger partial charge in [0.25, 0.3) is 0 Å². The first-order valence-corrected chi connectivity index (χ1v) is 4.76. The van der Waals surface area contributed by atoms with Crippen molar-refractivity contribution < 1.29 is 14.7 Å². The van der Waals surface area contributed by atoms with Crippen LogP contribution >= 0.6 is 11.6 Å². The number of anilines is 1. The van der Waals surface area contributed by atoms with E-state index in [0.717, 1.165) is 0 Å². The molecule has 1 aromatic rings. The molecule has 6 nitrogen and oxygen atoms in total. The van der Waals surface area contributed by atoms with Gasteiger partial charge in [0.2, 0.25) is 5.91 Å². The van der Waals surface area contributed by atoms with Gasteiger partial charge in [-0.15, -0.1) is 0 Å². The standard InChI is InChI=1S/C9H10ClN3O3/c10-7-3-5(1-2-12-7)13-9(16)6(11)4-8(14)15/h1-3,6H,4,11H2,(H,14,15)(H,12,13,16). The first kappa shape index (κ1) is 12.4. The molecular weight excluding hydrogens is 234 g/mol. The zero-order valence-electron chi connectivity index (χ0n) is 8.18. The first-order valence-electron chi connectivity index (χ1n) is 4.39. The normalized spacial score (nSPS) is 11.9. The van der Waals surface area contributed by atoms with E-state index in [-0.39, 0.29) is 5.15 Å². The Balaban J connectivity index is 2.60. The number of nitrogens with two attached hydrogens (primary N) is 1. The smallest absolute Gasteiger partial charge is 0.305 e. The summed E-state index contributed by atoms with van der Waals surface area (Å²) in [6.07, 6.45) is 0.991. The molecule has 0 saturated carbocycles. The monoisotopic (exact) mass is 243 g/mol. The molecule has 0 spiro atoms. The molecule has 1 rings (SSSR count). The second-order valence-electron chi connectivity index (χ2n) is 3.06. The van der Waals surface area contributed by atoms with Crippen LogP contribution in [0.4, 0.5) is 5.69 Å². The van der Waals surface area contributed by atoms with E-state index in [2.05, 4.69) is 10.3 Å². The number of pyridine rings is 1. The maximum absolute atomic E-state index is 11.4. The summed E-state index contributed by atoms with van der Waals surface area (Å²) in [6.45, 7) is 0. The molecule has 1 aromatic heterocycles. The van der Waals surface area contributed by atoms with Crippen LogP contribution in [0.1, 0.15) is 6.42 Å². The highest BCUT2D eigenvalue weighted by Gasteiger charge is 2.16. The summed E-state index contributed by atoms with van der Waals surface area (Å²) in [7, 11) is 0. The third-order valence-corrected chi connectivity index (χ3v) is 1.93. The number of carboxylic acids is 1. The van der Waals surface area contributed by atoms with Crippen LogP contribution in [0.5, 0.6) is 0 Å². The van der Waals surface area contributed by atoms with Crippen molar-refractivity contribution in [3.05, 3.63) is 23.5 Å². The molecule has 0 aliphatic carbocycles. The molecule has 86 valence electrons. The van der Waals surface area contributed by atoms with Gasteiger partial charge in [-0.3, -0.25) is 9.59 Å². The number of carbonyl (C=O) groups excluding carboxylic acids is 1. The number of carboxylic acid groups (broad SMARTS) is 1. The van der Waals surface area contributed by atoms with Crippen LogP contribution in [0.2, 0.25) is 5.15 Å². The number of nitrogens with zero attached hydrogens (tertiary/aromatic N) is 1. The van der Waals surface area contributed by atoms with E-state index in [0.29, 0.717) is 5.69 Å². The van der Waals surface area contributed by atoms with Crippen molar-refractivity contribution in [2.75, 3.05) is 5.32 Å². The minimum atomic E-state index is -1.13. The van der Waals surface area contributed by atoms with Gasteiger partial charge in [-0.1, -0.05) is 11.6 Å². The van der Waals surface area contributed by atoms with Gasteiger partial charge in [0.05, 0.1) is 12.5 Å². The fraction of sp³-hybridized carbons (Fsp3) is 0.222. The number of rotatable bonds is 4. The molecule has 1 amide bonds. The third-order valence-electron chi connectivity index (χ3n) is 1.73. The molecule has 0 radical (unpaired) electrons. The highest BCUT2D eigenvalue weighted by molar-refractivity contribution is 6.29. The summed E-state index contributed by atoms with van der Waals surface area (Å²) < 4.78 is 0. The quantitative estimate of drug-likeness (QED) is 0.667. The Morgan fingerprint density at radius 1 is 1.62 bits per heavy atom. The summed E-state index contributed by atoms with van der Waals surface area (Å²) in [5, 5.41) is 11.1. The Hall–Kier alpha value is -1.66. The molecule has 0 aliphatic rings. The highest BCUT2D eigenvalue weighted by atomic mass is 35.5. The fourth-order valence-electron chi connectivity index (χ4n) is 0.996. The van der Waals surface area contributed by atoms with E-state index in [1.807, 2.05) is 0 Å². The van der Waals surface area contributed by atoms with E-state index in [1.165, 1.54) is 18.3 Å². The average molecular weight is 244 g/mol. The van der Waals surface area contributed by atoms with Crippen molar-refractivity contribution in [2.24, 2.45) is 5.73 Å². The Labute approximate surface area is 96.4 Å². The van der Waals surface area contributed by atoms with Gasteiger partial charge in [-0.25, -0.2) is 4.98 Å². The molecule has 0 bridgehead atoms. The molecule has 0 aromatic carbocycles. The van der Waals surface area contributed by atoms with Crippen LogP contribution in [-0.4, -0.2) is 28.0 Å². The molecule has 1 atom stereocenters. The zero-order valence-corrected chi connectivity index (χ0v) is 8.94. The van der Waals surface area contributed by atoms with Gasteiger partial charge in [0, 0.05) is 11.9 Å². The van der Waals surface area contributed by atoms with Crippen molar-refractivity contribution in [1.82, 2.24) is 4.98 Å². The molecule has 4 N–H and O–H groups in total. The van der Waals surface area contributed by atoms with Crippen LogP contribution in [0.15, 0.2) is 18.3 Å². The lowest BCUT2D eigenvalue weighted by atomic mass is 10.2. The van der Waals surface area contributed by atoms with Crippen LogP contribution < -0.4 is 11.1 Å². The van der Waals surface area contributed by atoms with Gasteiger partial charge in [0.15, 0.2) is 0 Å². The molecule has 0 saturated heterocycles. The van der Waals surface area contributed by atoms with E-state index in [1.54, 1.807) is 0 Å². The first-order chi connectivity index (χ1) is 7.49. The van der Waals surface area contributed by atoms with Gasteiger partial charge < -0.3 is 16.2 Å². The molecule has 1 heterocycles. The number of hydrogen-bond acceptors (Lipinski definition) is 4. The lowest BCUT2D eigenvalue weighted by Gasteiger charge is -2.09. The number of carbonyl (C=O) groups is 2. The topological polar surface area (TPSA) is 105 Å². The fourth-order valence-corrected chi connectivity index (χ4v) is 1.17. The van der Waals surface area contributed by atoms with Crippen LogP contribution in [0.3, 0.4) is 0 Å². The number of amides is 1. The Bertz CT molecular complexity index is 411. The SMILES string of the molecule is NC(CC(=O)O)C(=O)Nc1ccnc(Cl)c1. The summed E-state index contributed by atoms with van der Waals surface area (Å²) in [6, 6.07) is 1.87. The van der Waals surface area contributed by atoms with Crippen molar-refractivity contribution >= 4 is 29.2 Å². The second kappa shape index (κ2) is 5.43. The minimum absolute atomic E-state index is 0.226. The Morgan fingerprint density at radius 3 is 2.88 bits per heavy atom. The third kappa shape index (κ3) is 3.84. The lowest BCUT2D eigenvalue weighted by Crippen LogP contribution is -2.37. The van der Waals surface area contributed by atoms with E-state index >= 15 is 0 Å². The van der Waals surface area contributed by atoms with Gasteiger partial charge >= 0.3 is 5.97 Å². The van der Waals surface area contributed by atoms with Crippen molar-refractivity contribution in [3.63, 3.8) is 0 Å². The Kier molecular flexibility index (Phi) is 4.21. The lowest BCUT2D eigenvalue weighted by molar-refractivity contribution is -0.138. The predicted molar refractivity (Wildman–Crippen MR) is 58.1 cm³/mol. The van der Waals surface area contributed by atoms with E-state index in [4.69, 9.17) is 22.4 Å². The van der Waals surface area contributed by atoms with Gasteiger partial charge in [-0.05, 0) is 12.1 Å². The Morgan fingerprint density at radius 2 is 2.31 bits per heavy atom. The molecule has 1 unspecified atom stereocenters. The van der Waals surface area contributed by atoms with Crippen molar-refractivity contribution in [1.29, 1.82) is 0 Å². The van der Waals surface area contributed by atoms with Crippen LogP contribution in [-0.2, 0) is 9.59 Å². The summed E-state index contributed by atoms with van der Waals surface area (Å²) in [5.41, 5.74) is 5.78. The van der Waals surface area contributed by atoms with E-state index in [9.17, 15) is 9.59 Å². The van der Waals surface area contributed by atoms with Gasteiger partial charge in [0.1, 0.15) is 5.15 Å². The minimum Gasteiger partial charge on any atom is -0.481 e. The zero-order chi connectivity index (χ0) is 12.1. The van der Waals surface area contributed by atoms with Crippen LogP contribution in [0, 0.1) is 0 Å². The summed E-state index contributed by atoms with van der Waals surface area (Å²) >= 11 is 5.60. The maximum atomic E-state index is 11.4. The second-order valence-corrected chi connectivity index (χ2v) is 3.45. The average Bonchev–Trinajstić information content (AvgIpc) is 2.16. The maximum Gasteiger partial charge on any atom is 0.305 e. The number of nitrogens with one attached hydrogen (secondary N) is 1. The van der Waals surface area contributed by atoms with Gasteiger partial charge in [-0.2, -0.15) is 0 Å². The summed E-state index contributed by atoms with van der Waals surface area (Å²) in [4.78, 5) is 25.5. The molecular formula is C9H10ClN3O3. The number of hydrogen-bond donors (Lipinski definition) is 3. The summed E-state index contributed by atoms with van der Waals surface area (Å²) in [5.74, 6) is -1.71. The number of halogens is 1. The number of aliphatic carboxylic acids is 1. The molecule has 7 heteroatoms. The molecule has 16 heavy (non-hydrogen) atoms. The molecule has 0 fully saturated rings. The highest BCUT2D eigenvalue weighted by Crippen LogP contribution is 2.12.